The quantitative estimate of drug-likeness (QED) is 0.827. The van der Waals surface area contributed by atoms with E-state index in [9.17, 15) is 4.79 Å². The van der Waals surface area contributed by atoms with Crippen LogP contribution < -0.4 is 10.6 Å². The van der Waals surface area contributed by atoms with Gasteiger partial charge in [-0.25, -0.2) is 4.79 Å². The third kappa shape index (κ3) is 3.58. The van der Waals surface area contributed by atoms with Crippen molar-refractivity contribution in [3.8, 4) is 0 Å². The molecule has 0 fully saturated rings. The minimum Gasteiger partial charge on any atom is -0.308 e. The summed E-state index contributed by atoms with van der Waals surface area (Å²) in [7, 11) is 0. The van der Waals surface area contributed by atoms with E-state index in [0.29, 0.717) is 0 Å². The SMILES string of the molecule is Cc1cc(NC(=O)Nc2ccccc2)cc(C)c1Br. The largest absolute Gasteiger partial charge is 0.323 e. The number of amides is 2. The number of anilines is 2. The first-order valence-corrected chi connectivity index (χ1v) is 6.75. The fraction of sp³-hybridized carbons (Fsp3) is 0.133. The topological polar surface area (TPSA) is 41.1 Å². The summed E-state index contributed by atoms with van der Waals surface area (Å²) in [4.78, 5) is 11.9. The highest BCUT2D eigenvalue weighted by atomic mass is 79.9. The summed E-state index contributed by atoms with van der Waals surface area (Å²) in [6.45, 7) is 3.99. The number of rotatable bonds is 2. The fourth-order valence-corrected chi connectivity index (χ4v) is 2.06. The van der Waals surface area contributed by atoms with Gasteiger partial charge in [-0.1, -0.05) is 34.1 Å². The van der Waals surface area contributed by atoms with E-state index >= 15 is 0 Å². The van der Waals surface area contributed by atoms with Crippen LogP contribution in [0.3, 0.4) is 0 Å². The second-order valence-electron chi connectivity index (χ2n) is 4.37. The molecule has 2 rings (SSSR count). The van der Waals surface area contributed by atoms with E-state index in [-0.39, 0.29) is 6.03 Å². The van der Waals surface area contributed by atoms with E-state index in [4.69, 9.17) is 0 Å². The molecule has 2 aromatic carbocycles. The van der Waals surface area contributed by atoms with Crippen LogP contribution in [0.4, 0.5) is 16.2 Å². The van der Waals surface area contributed by atoms with Crippen LogP contribution in [0.5, 0.6) is 0 Å². The molecule has 0 atom stereocenters. The lowest BCUT2D eigenvalue weighted by molar-refractivity contribution is 0.262. The highest BCUT2D eigenvalue weighted by molar-refractivity contribution is 9.10. The van der Waals surface area contributed by atoms with Crippen molar-refractivity contribution in [3.05, 3.63) is 58.1 Å². The van der Waals surface area contributed by atoms with Crippen molar-refractivity contribution in [2.45, 2.75) is 13.8 Å². The molecule has 0 saturated carbocycles. The molecule has 0 heterocycles. The molecule has 0 aliphatic carbocycles. The maximum Gasteiger partial charge on any atom is 0.323 e. The molecule has 0 radical (unpaired) electrons. The molecular formula is C15H15BrN2O. The molecule has 98 valence electrons. The van der Waals surface area contributed by atoms with Gasteiger partial charge in [-0.2, -0.15) is 0 Å². The van der Waals surface area contributed by atoms with Crippen molar-refractivity contribution >= 4 is 33.3 Å². The Morgan fingerprint density at radius 2 is 1.47 bits per heavy atom. The lowest BCUT2D eigenvalue weighted by Crippen LogP contribution is -2.19. The van der Waals surface area contributed by atoms with Crippen LogP contribution in [0.15, 0.2) is 46.9 Å². The number of urea groups is 1. The summed E-state index contributed by atoms with van der Waals surface area (Å²) in [5, 5.41) is 5.61. The zero-order valence-corrected chi connectivity index (χ0v) is 12.4. The summed E-state index contributed by atoms with van der Waals surface area (Å²) in [6, 6.07) is 13.0. The summed E-state index contributed by atoms with van der Waals surface area (Å²) in [6.07, 6.45) is 0. The highest BCUT2D eigenvalue weighted by Gasteiger charge is 2.06. The average Bonchev–Trinajstić information content (AvgIpc) is 2.37. The number of halogens is 1. The number of hydrogen-bond acceptors (Lipinski definition) is 1. The maximum atomic E-state index is 11.9. The molecule has 4 heteroatoms. The molecule has 0 aromatic heterocycles. The molecule has 0 aliphatic heterocycles. The molecule has 2 aromatic rings. The van der Waals surface area contributed by atoms with Gasteiger partial charge in [0.2, 0.25) is 0 Å². The Bertz CT molecular complexity index is 573. The lowest BCUT2D eigenvalue weighted by atomic mass is 10.1. The summed E-state index contributed by atoms with van der Waals surface area (Å²) < 4.78 is 1.07. The number of benzene rings is 2. The van der Waals surface area contributed by atoms with Crippen molar-refractivity contribution < 1.29 is 4.79 Å². The standard InChI is InChI=1S/C15H15BrN2O/c1-10-8-13(9-11(2)14(10)16)18-15(19)17-12-6-4-3-5-7-12/h3-9H,1-2H3,(H2,17,18,19). The van der Waals surface area contributed by atoms with Crippen molar-refractivity contribution in [1.29, 1.82) is 0 Å². The first kappa shape index (κ1) is 13.6. The van der Waals surface area contributed by atoms with Crippen LogP contribution in [-0.2, 0) is 0 Å². The minimum absolute atomic E-state index is 0.243. The van der Waals surface area contributed by atoms with Gasteiger partial charge in [0.1, 0.15) is 0 Å². The average molecular weight is 319 g/mol. The zero-order chi connectivity index (χ0) is 13.8. The number of para-hydroxylation sites is 1. The Labute approximate surface area is 121 Å². The van der Waals surface area contributed by atoms with Crippen LogP contribution in [0.2, 0.25) is 0 Å². The van der Waals surface area contributed by atoms with E-state index in [1.807, 2.05) is 56.3 Å². The number of carbonyl (C=O) groups excluding carboxylic acids is 1. The Morgan fingerprint density at radius 1 is 0.947 bits per heavy atom. The zero-order valence-electron chi connectivity index (χ0n) is 10.8. The number of carbonyl (C=O) groups is 1. The molecule has 19 heavy (non-hydrogen) atoms. The minimum atomic E-state index is -0.243. The molecule has 2 amide bonds. The number of nitrogens with one attached hydrogen (secondary N) is 2. The van der Waals surface area contributed by atoms with Gasteiger partial charge >= 0.3 is 6.03 Å². The fourth-order valence-electron chi connectivity index (χ4n) is 1.83. The normalized spacial score (nSPS) is 10.1. The molecule has 2 N–H and O–H groups in total. The van der Waals surface area contributed by atoms with Gasteiger partial charge in [0.05, 0.1) is 0 Å². The monoisotopic (exact) mass is 318 g/mol. The van der Waals surface area contributed by atoms with Crippen LogP contribution in [0.25, 0.3) is 0 Å². The molecule has 0 spiro atoms. The molecule has 0 unspecified atom stereocenters. The van der Waals surface area contributed by atoms with Gasteiger partial charge in [0, 0.05) is 15.8 Å². The van der Waals surface area contributed by atoms with E-state index in [1.54, 1.807) is 0 Å². The van der Waals surface area contributed by atoms with Gasteiger partial charge in [0.15, 0.2) is 0 Å². The summed E-state index contributed by atoms with van der Waals surface area (Å²) in [5.41, 5.74) is 3.74. The van der Waals surface area contributed by atoms with Crippen molar-refractivity contribution in [2.24, 2.45) is 0 Å². The maximum absolute atomic E-state index is 11.9. The molecule has 0 bridgehead atoms. The molecule has 0 aliphatic rings. The molecular weight excluding hydrogens is 304 g/mol. The predicted molar refractivity (Wildman–Crippen MR) is 82.7 cm³/mol. The van der Waals surface area contributed by atoms with Gasteiger partial charge in [-0.15, -0.1) is 0 Å². The molecule has 3 nitrogen and oxygen atoms in total. The Balaban J connectivity index is 2.07. The highest BCUT2D eigenvalue weighted by Crippen LogP contribution is 2.25. The van der Waals surface area contributed by atoms with Crippen molar-refractivity contribution in [3.63, 3.8) is 0 Å². The number of aryl methyl sites for hydroxylation is 2. The van der Waals surface area contributed by atoms with Crippen LogP contribution in [0.1, 0.15) is 11.1 Å². The van der Waals surface area contributed by atoms with E-state index < -0.39 is 0 Å². The second kappa shape index (κ2) is 5.89. The van der Waals surface area contributed by atoms with Crippen LogP contribution in [0, 0.1) is 13.8 Å². The Morgan fingerprint density at radius 3 is 2.05 bits per heavy atom. The van der Waals surface area contributed by atoms with Crippen molar-refractivity contribution in [1.82, 2.24) is 0 Å². The first-order valence-electron chi connectivity index (χ1n) is 5.96. The summed E-state index contributed by atoms with van der Waals surface area (Å²) >= 11 is 3.50. The van der Waals surface area contributed by atoms with Gasteiger partial charge < -0.3 is 10.6 Å². The third-order valence-electron chi connectivity index (χ3n) is 2.73. The van der Waals surface area contributed by atoms with Crippen molar-refractivity contribution in [2.75, 3.05) is 10.6 Å². The third-order valence-corrected chi connectivity index (χ3v) is 3.98. The van der Waals surface area contributed by atoms with Crippen LogP contribution in [-0.4, -0.2) is 6.03 Å². The predicted octanol–water partition coefficient (Wildman–Crippen LogP) is 4.71. The molecule has 0 saturated heterocycles. The van der Waals surface area contributed by atoms with E-state index in [0.717, 1.165) is 27.0 Å². The smallest absolute Gasteiger partial charge is 0.308 e. The Hall–Kier alpha value is -1.81. The second-order valence-corrected chi connectivity index (χ2v) is 5.16. The lowest BCUT2D eigenvalue weighted by Gasteiger charge is -2.10. The summed E-state index contributed by atoms with van der Waals surface area (Å²) in [5.74, 6) is 0. The number of hydrogen-bond donors (Lipinski definition) is 2. The van der Waals surface area contributed by atoms with E-state index in [1.165, 1.54) is 0 Å². The Kier molecular flexibility index (Phi) is 4.22. The van der Waals surface area contributed by atoms with Gasteiger partial charge in [-0.05, 0) is 49.2 Å². The van der Waals surface area contributed by atoms with E-state index in [2.05, 4.69) is 26.6 Å². The van der Waals surface area contributed by atoms with Gasteiger partial charge in [-0.3, -0.25) is 0 Å². The first-order chi connectivity index (χ1) is 9.06. The van der Waals surface area contributed by atoms with Crippen LogP contribution >= 0.6 is 15.9 Å². The van der Waals surface area contributed by atoms with Gasteiger partial charge in [0.25, 0.3) is 0 Å².